The van der Waals surface area contributed by atoms with Gasteiger partial charge in [0, 0.05) is 12.8 Å². The van der Waals surface area contributed by atoms with Gasteiger partial charge in [-0.15, -0.1) is 0 Å². The van der Waals surface area contributed by atoms with E-state index in [0.29, 0.717) is 12.2 Å². The van der Waals surface area contributed by atoms with Crippen molar-refractivity contribution in [2.75, 3.05) is 0 Å². The maximum atomic E-state index is 11.3. The number of hydrogen-bond acceptors (Lipinski definition) is 1. The Hall–Kier alpha value is -0.850. The first-order chi connectivity index (χ1) is 7.06. The van der Waals surface area contributed by atoms with Gasteiger partial charge in [0.15, 0.2) is 0 Å². The van der Waals surface area contributed by atoms with E-state index in [1.54, 1.807) is 0 Å². The number of hydrogen-bond donors (Lipinski definition) is 0. The Morgan fingerprint density at radius 2 is 1.73 bits per heavy atom. The van der Waals surface area contributed by atoms with Gasteiger partial charge in [-0.1, -0.05) is 30.2 Å². The monoisotopic (exact) mass is 208 g/mol. The molecule has 1 nitrogen and oxygen atoms in total. The number of rotatable bonds is 7. The summed E-state index contributed by atoms with van der Waals surface area (Å²) in [5.41, 5.74) is 2.70. The van der Waals surface area contributed by atoms with Gasteiger partial charge in [0.25, 0.3) is 0 Å². The van der Waals surface area contributed by atoms with E-state index >= 15 is 0 Å². The van der Waals surface area contributed by atoms with E-state index in [9.17, 15) is 4.79 Å². The normalized spacial score (nSPS) is 11.3. The summed E-state index contributed by atoms with van der Waals surface area (Å²) in [6.45, 7) is 8.38. The Labute approximate surface area is 94.3 Å². The van der Waals surface area contributed by atoms with Gasteiger partial charge in [-0.05, 0) is 40.0 Å². The molecule has 0 aromatic carbocycles. The van der Waals surface area contributed by atoms with Gasteiger partial charge < -0.3 is 0 Å². The lowest BCUT2D eigenvalue weighted by Crippen LogP contribution is -1.94. The molecule has 86 valence electrons. The summed E-state index contributed by atoms with van der Waals surface area (Å²) >= 11 is 0. The van der Waals surface area contributed by atoms with Crippen LogP contribution in [-0.2, 0) is 4.79 Å². The van der Waals surface area contributed by atoms with Crippen LogP contribution in [0.25, 0.3) is 0 Å². The van der Waals surface area contributed by atoms with Crippen LogP contribution in [0.15, 0.2) is 23.3 Å². The van der Waals surface area contributed by atoms with Crippen molar-refractivity contribution >= 4 is 5.78 Å². The number of Topliss-reactive ketones (excluding diaryl/α,β-unsaturated/α-hetero) is 1. The number of carbonyl (C=O) groups is 1. The Morgan fingerprint density at radius 3 is 2.27 bits per heavy atom. The summed E-state index contributed by atoms with van der Waals surface area (Å²) in [5.74, 6) is 0.360. The topological polar surface area (TPSA) is 17.1 Å². The van der Waals surface area contributed by atoms with Crippen LogP contribution in [0.3, 0.4) is 0 Å². The second-order valence-corrected chi connectivity index (χ2v) is 4.36. The zero-order chi connectivity index (χ0) is 11.7. The van der Waals surface area contributed by atoms with Crippen LogP contribution in [0.1, 0.15) is 59.8 Å². The van der Waals surface area contributed by atoms with E-state index in [0.717, 1.165) is 25.7 Å². The second-order valence-electron chi connectivity index (χ2n) is 4.36. The number of ketones is 1. The SMILES string of the molecule is CCCC(=O)CC=C(C)CCC=C(C)C. The molecule has 0 aliphatic carbocycles. The fourth-order valence-electron chi connectivity index (χ4n) is 1.36. The molecule has 0 saturated carbocycles. The first-order valence-corrected chi connectivity index (χ1v) is 5.87. The molecule has 0 aliphatic rings. The van der Waals surface area contributed by atoms with E-state index in [4.69, 9.17) is 0 Å². The van der Waals surface area contributed by atoms with E-state index < -0.39 is 0 Å². The molecule has 0 N–H and O–H groups in total. The molecule has 0 fully saturated rings. The Balaban J connectivity index is 3.79. The third-order valence-electron chi connectivity index (χ3n) is 2.30. The highest BCUT2D eigenvalue weighted by Gasteiger charge is 1.97. The molecule has 15 heavy (non-hydrogen) atoms. The quantitative estimate of drug-likeness (QED) is 0.565. The van der Waals surface area contributed by atoms with Crippen molar-refractivity contribution in [3.05, 3.63) is 23.3 Å². The van der Waals surface area contributed by atoms with Crippen LogP contribution in [0.5, 0.6) is 0 Å². The van der Waals surface area contributed by atoms with Crippen molar-refractivity contribution in [2.24, 2.45) is 0 Å². The smallest absolute Gasteiger partial charge is 0.136 e. The molecule has 0 unspecified atom stereocenters. The highest BCUT2D eigenvalue weighted by Crippen LogP contribution is 2.08. The zero-order valence-electron chi connectivity index (χ0n) is 10.6. The maximum Gasteiger partial charge on any atom is 0.136 e. The molecular weight excluding hydrogens is 184 g/mol. The van der Waals surface area contributed by atoms with Crippen molar-refractivity contribution in [3.8, 4) is 0 Å². The van der Waals surface area contributed by atoms with Crippen molar-refractivity contribution in [1.29, 1.82) is 0 Å². The van der Waals surface area contributed by atoms with Gasteiger partial charge in [-0.3, -0.25) is 4.79 Å². The molecule has 0 aliphatic heterocycles. The molecule has 0 atom stereocenters. The van der Waals surface area contributed by atoms with E-state index in [-0.39, 0.29) is 0 Å². The molecule has 0 aromatic rings. The van der Waals surface area contributed by atoms with Crippen LogP contribution < -0.4 is 0 Å². The molecule has 0 saturated heterocycles. The molecule has 0 radical (unpaired) electrons. The summed E-state index contributed by atoms with van der Waals surface area (Å²) in [4.78, 5) is 11.3. The third-order valence-corrected chi connectivity index (χ3v) is 2.30. The largest absolute Gasteiger partial charge is 0.299 e. The minimum absolute atomic E-state index is 0.360. The van der Waals surface area contributed by atoms with Gasteiger partial charge in [-0.2, -0.15) is 0 Å². The Morgan fingerprint density at radius 1 is 1.07 bits per heavy atom. The molecule has 0 rings (SSSR count). The summed E-state index contributed by atoms with van der Waals surface area (Å²) in [6.07, 6.45) is 8.79. The first kappa shape index (κ1) is 14.2. The second kappa shape index (κ2) is 8.46. The first-order valence-electron chi connectivity index (χ1n) is 5.87. The summed E-state index contributed by atoms with van der Waals surface area (Å²) in [6, 6.07) is 0. The van der Waals surface area contributed by atoms with Crippen LogP contribution in [0.2, 0.25) is 0 Å². The molecule has 0 heterocycles. The third kappa shape index (κ3) is 9.45. The average Bonchev–Trinajstić information content (AvgIpc) is 2.14. The van der Waals surface area contributed by atoms with Gasteiger partial charge in [0.2, 0.25) is 0 Å². The molecule has 0 amide bonds. The minimum atomic E-state index is 0.360. The highest BCUT2D eigenvalue weighted by atomic mass is 16.1. The molecule has 1 heteroatoms. The van der Waals surface area contributed by atoms with Crippen LogP contribution in [0, 0.1) is 0 Å². The van der Waals surface area contributed by atoms with Crippen LogP contribution >= 0.6 is 0 Å². The average molecular weight is 208 g/mol. The van der Waals surface area contributed by atoms with Crippen molar-refractivity contribution in [1.82, 2.24) is 0 Å². The predicted molar refractivity (Wildman–Crippen MR) is 67.0 cm³/mol. The Kier molecular flexibility index (Phi) is 7.98. The Bertz CT molecular complexity index is 242. The lowest BCUT2D eigenvalue weighted by atomic mass is 10.1. The minimum Gasteiger partial charge on any atom is -0.299 e. The van der Waals surface area contributed by atoms with Gasteiger partial charge in [0.1, 0.15) is 5.78 Å². The van der Waals surface area contributed by atoms with Crippen LogP contribution in [0.4, 0.5) is 0 Å². The summed E-state index contributed by atoms with van der Waals surface area (Å²) < 4.78 is 0. The van der Waals surface area contributed by atoms with Gasteiger partial charge >= 0.3 is 0 Å². The fraction of sp³-hybridized carbons (Fsp3) is 0.643. The molecule has 0 aromatic heterocycles. The van der Waals surface area contributed by atoms with E-state index in [1.807, 2.05) is 6.92 Å². The molecule has 0 bridgehead atoms. The summed E-state index contributed by atoms with van der Waals surface area (Å²) in [7, 11) is 0. The number of allylic oxidation sites excluding steroid dienone is 4. The standard InChI is InChI=1S/C14H24O/c1-5-7-14(15)11-10-13(4)9-6-8-12(2)3/h8,10H,5-7,9,11H2,1-4H3. The lowest BCUT2D eigenvalue weighted by molar-refractivity contribution is -0.118. The van der Waals surface area contributed by atoms with E-state index in [1.165, 1.54) is 11.1 Å². The summed E-state index contributed by atoms with van der Waals surface area (Å²) in [5, 5.41) is 0. The number of carbonyl (C=O) groups excluding carboxylic acids is 1. The van der Waals surface area contributed by atoms with Crippen molar-refractivity contribution in [3.63, 3.8) is 0 Å². The fourth-order valence-corrected chi connectivity index (χ4v) is 1.36. The van der Waals surface area contributed by atoms with Crippen LogP contribution in [-0.4, -0.2) is 5.78 Å². The predicted octanol–water partition coefficient (Wildman–Crippen LogP) is 4.44. The molecule has 0 spiro atoms. The zero-order valence-corrected chi connectivity index (χ0v) is 10.6. The lowest BCUT2D eigenvalue weighted by Gasteiger charge is -1.99. The maximum absolute atomic E-state index is 11.3. The van der Waals surface area contributed by atoms with Gasteiger partial charge in [0.05, 0.1) is 0 Å². The van der Waals surface area contributed by atoms with E-state index in [2.05, 4.69) is 32.9 Å². The van der Waals surface area contributed by atoms with Crippen molar-refractivity contribution < 1.29 is 4.79 Å². The van der Waals surface area contributed by atoms with Gasteiger partial charge in [-0.25, -0.2) is 0 Å². The molecular formula is C14H24O. The van der Waals surface area contributed by atoms with Crippen molar-refractivity contribution in [2.45, 2.75) is 59.8 Å². The highest BCUT2D eigenvalue weighted by molar-refractivity contribution is 5.79.